The van der Waals surface area contributed by atoms with E-state index in [0.717, 1.165) is 5.56 Å². The maximum atomic E-state index is 14.9. The first-order valence-corrected chi connectivity index (χ1v) is 10.0. The van der Waals surface area contributed by atoms with E-state index in [1.165, 1.54) is 12.1 Å². The van der Waals surface area contributed by atoms with E-state index in [-0.39, 0.29) is 23.2 Å². The number of carboxylic acid groups (broad SMARTS) is 1. The Morgan fingerprint density at radius 3 is 2.25 bits per heavy atom. The number of benzene rings is 2. The van der Waals surface area contributed by atoms with Crippen LogP contribution in [-0.4, -0.2) is 23.2 Å². The molecule has 1 aliphatic rings. The molecule has 0 bridgehead atoms. The molecular weight excluding hydrogens is 400 g/mol. The van der Waals surface area contributed by atoms with Gasteiger partial charge < -0.3 is 10.4 Å². The Morgan fingerprint density at radius 2 is 1.68 bits per heavy atom. The van der Waals surface area contributed by atoms with Crippen molar-refractivity contribution in [1.29, 1.82) is 0 Å². The molecule has 3 nitrogen and oxygen atoms in total. The molecule has 0 amide bonds. The van der Waals surface area contributed by atoms with Crippen molar-refractivity contribution in [3.05, 3.63) is 69.5 Å². The molecule has 1 saturated heterocycles. The highest BCUT2D eigenvalue weighted by molar-refractivity contribution is 6.30. The van der Waals surface area contributed by atoms with E-state index in [1.54, 1.807) is 18.2 Å². The average molecular weight is 424 g/mol. The highest BCUT2D eigenvalue weighted by Crippen LogP contribution is 2.47. The lowest BCUT2D eigenvalue weighted by molar-refractivity contribution is -0.139. The summed E-state index contributed by atoms with van der Waals surface area (Å²) in [6.07, 6.45) is 0.692. The molecule has 1 fully saturated rings. The van der Waals surface area contributed by atoms with Crippen LogP contribution >= 0.6 is 23.2 Å². The fourth-order valence-corrected chi connectivity index (χ4v) is 4.54. The van der Waals surface area contributed by atoms with Crippen molar-refractivity contribution in [2.24, 2.45) is 5.41 Å². The van der Waals surface area contributed by atoms with E-state index in [9.17, 15) is 14.3 Å². The van der Waals surface area contributed by atoms with Gasteiger partial charge in [0.05, 0.1) is 0 Å². The Hall–Kier alpha value is -1.62. The lowest BCUT2D eigenvalue weighted by Gasteiger charge is -2.30. The molecule has 150 valence electrons. The van der Waals surface area contributed by atoms with E-state index in [2.05, 4.69) is 26.1 Å². The van der Waals surface area contributed by atoms with E-state index in [0.29, 0.717) is 22.0 Å². The third kappa shape index (κ3) is 4.51. The number of hydrogen-bond donors (Lipinski definition) is 2. The Kier molecular flexibility index (Phi) is 6.04. The van der Waals surface area contributed by atoms with Crippen molar-refractivity contribution in [1.82, 2.24) is 5.32 Å². The minimum absolute atomic E-state index is 0.0666. The number of carbonyl (C=O) groups is 1. The van der Waals surface area contributed by atoms with Gasteiger partial charge in [-0.1, -0.05) is 56.1 Å². The predicted molar refractivity (Wildman–Crippen MR) is 111 cm³/mol. The predicted octanol–water partition coefficient (Wildman–Crippen LogP) is 5.86. The first-order chi connectivity index (χ1) is 13.1. The highest BCUT2D eigenvalue weighted by atomic mass is 35.5. The summed E-state index contributed by atoms with van der Waals surface area (Å²) < 4.78 is 14.9. The van der Waals surface area contributed by atoms with Gasteiger partial charge in [0, 0.05) is 27.9 Å². The highest BCUT2D eigenvalue weighted by Gasteiger charge is 2.49. The molecule has 0 aliphatic carbocycles. The maximum absolute atomic E-state index is 14.9. The van der Waals surface area contributed by atoms with Crippen molar-refractivity contribution >= 4 is 29.2 Å². The van der Waals surface area contributed by atoms with E-state index < -0.39 is 17.9 Å². The molecule has 28 heavy (non-hydrogen) atoms. The van der Waals surface area contributed by atoms with Crippen molar-refractivity contribution in [3.63, 3.8) is 0 Å². The van der Waals surface area contributed by atoms with E-state index >= 15 is 0 Å². The summed E-state index contributed by atoms with van der Waals surface area (Å²) in [6, 6.07) is 10.5. The average Bonchev–Trinajstić information content (AvgIpc) is 2.95. The fraction of sp³-hybridized carbons (Fsp3) is 0.409. The molecule has 0 saturated carbocycles. The van der Waals surface area contributed by atoms with E-state index in [1.807, 2.05) is 12.1 Å². The van der Waals surface area contributed by atoms with Crippen molar-refractivity contribution in [2.45, 2.75) is 51.1 Å². The van der Waals surface area contributed by atoms with Crippen LogP contribution in [0.3, 0.4) is 0 Å². The van der Waals surface area contributed by atoms with Crippen LogP contribution in [0.15, 0.2) is 42.5 Å². The van der Waals surface area contributed by atoms with Gasteiger partial charge >= 0.3 is 5.97 Å². The summed E-state index contributed by atoms with van der Waals surface area (Å²) >= 11 is 12.2. The Bertz CT molecular complexity index is 864. The Morgan fingerprint density at radius 1 is 1.07 bits per heavy atom. The van der Waals surface area contributed by atoms with Gasteiger partial charge in [-0.05, 0) is 53.3 Å². The minimum atomic E-state index is -0.955. The molecule has 3 rings (SSSR count). The summed E-state index contributed by atoms with van der Waals surface area (Å²) in [7, 11) is 0. The molecular formula is C22H24Cl2FNO2. The van der Waals surface area contributed by atoms with Crippen molar-refractivity contribution < 1.29 is 14.3 Å². The number of carboxylic acids is 1. The largest absolute Gasteiger partial charge is 0.480 e. The standard InChI is InChI=1S/C22H24Cl2FNO2/c1-22(2,3)11-17-19(15-10-14(24)8-9-16(15)25)18(20(26-17)21(27)28)12-4-6-13(23)7-5-12/h4-10,17-20,26H,11H2,1-3H3,(H,27,28). The molecule has 0 aromatic heterocycles. The fourth-order valence-electron chi connectivity index (χ4n) is 4.23. The van der Waals surface area contributed by atoms with Crippen LogP contribution in [-0.2, 0) is 4.79 Å². The molecule has 1 aliphatic heterocycles. The van der Waals surface area contributed by atoms with Gasteiger partial charge in [-0.15, -0.1) is 0 Å². The lowest BCUT2D eigenvalue weighted by atomic mass is 9.74. The molecule has 2 aromatic carbocycles. The zero-order valence-corrected chi connectivity index (χ0v) is 17.6. The van der Waals surface area contributed by atoms with Gasteiger partial charge in [0.1, 0.15) is 11.9 Å². The van der Waals surface area contributed by atoms with Gasteiger partial charge in [0.15, 0.2) is 0 Å². The Balaban J connectivity index is 2.16. The molecule has 4 unspecified atom stereocenters. The van der Waals surface area contributed by atoms with Crippen LogP contribution < -0.4 is 5.32 Å². The third-order valence-corrected chi connectivity index (χ3v) is 5.73. The van der Waals surface area contributed by atoms with Crippen LogP contribution in [0.5, 0.6) is 0 Å². The quantitative estimate of drug-likeness (QED) is 0.646. The third-order valence-electron chi connectivity index (χ3n) is 5.24. The summed E-state index contributed by atoms with van der Waals surface area (Å²) in [5.74, 6) is -2.15. The van der Waals surface area contributed by atoms with Gasteiger partial charge in [-0.3, -0.25) is 4.79 Å². The second-order valence-electron chi connectivity index (χ2n) is 8.62. The van der Waals surface area contributed by atoms with Crippen LogP contribution in [0, 0.1) is 11.2 Å². The van der Waals surface area contributed by atoms with Crippen LogP contribution in [0.1, 0.15) is 50.2 Å². The summed E-state index contributed by atoms with van der Waals surface area (Å²) in [5, 5.41) is 14.2. The second-order valence-corrected chi connectivity index (χ2v) is 9.50. The summed E-state index contributed by atoms with van der Waals surface area (Å²) in [5.41, 5.74) is 1.19. The first kappa shape index (κ1) is 21.1. The van der Waals surface area contributed by atoms with Crippen LogP contribution in [0.2, 0.25) is 10.0 Å². The first-order valence-electron chi connectivity index (χ1n) is 9.26. The zero-order valence-electron chi connectivity index (χ0n) is 16.0. The smallest absolute Gasteiger partial charge is 0.321 e. The second kappa shape index (κ2) is 8.02. The zero-order chi connectivity index (χ0) is 20.6. The maximum Gasteiger partial charge on any atom is 0.321 e. The topological polar surface area (TPSA) is 49.3 Å². The number of nitrogens with one attached hydrogen (secondary N) is 1. The van der Waals surface area contributed by atoms with Crippen molar-refractivity contribution in [2.75, 3.05) is 0 Å². The molecule has 0 spiro atoms. The number of rotatable bonds is 4. The lowest BCUT2D eigenvalue weighted by Crippen LogP contribution is -2.39. The molecule has 0 radical (unpaired) electrons. The molecule has 2 N–H and O–H groups in total. The van der Waals surface area contributed by atoms with Gasteiger partial charge in [-0.25, -0.2) is 4.39 Å². The number of aliphatic carboxylic acids is 1. The van der Waals surface area contributed by atoms with Crippen LogP contribution in [0.4, 0.5) is 4.39 Å². The summed E-state index contributed by atoms with van der Waals surface area (Å²) in [6.45, 7) is 6.27. The SMILES string of the molecule is CC(C)(C)CC1NC(C(=O)O)C(c2ccc(Cl)cc2)C1c1cc(Cl)ccc1F. The van der Waals surface area contributed by atoms with E-state index in [4.69, 9.17) is 23.2 Å². The Labute approximate surface area is 174 Å². The normalized spacial score (nSPS) is 25.1. The minimum Gasteiger partial charge on any atom is -0.480 e. The van der Waals surface area contributed by atoms with Crippen molar-refractivity contribution in [3.8, 4) is 0 Å². The van der Waals surface area contributed by atoms with Gasteiger partial charge in [0.2, 0.25) is 0 Å². The van der Waals surface area contributed by atoms with Gasteiger partial charge in [0.25, 0.3) is 0 Å². The molecule has 2 aromatic rings. The monoisotopic (exact) mass is 423 g/mol. The number of halogens is 3. The van der Waals surface area contributed by atoms with Crippen LogP contribution in [0.25, 0.3) is 0 Å². The molecule has 1 heterocycles. The summed E-state index contributed by atoms with van der Waals surface area (Å²) in [4.78, 5) is 12.1. The molecule has 6 heteroatoms. The number of hydrogen-bond acceptors (Lipinski definition) is 2. The molecule has 4 atom stereocenters. The van der Waals surface area contributed by atoms with Gasteiger partial charge in [-0.2, -0.15) is 0 Å².